The highest BCUT2D eigenvalue weighted by Crippen LogP contribution is 2.22. The van der Waals surface area contributed by atoms with Gasteiger partial charge in [0.15, 0.2) is 0 Å². The minimum absolute atomic E-state index is 0.139. The number of hydrazone groups is 1. The number of hydrogen-bond acceptors (Lipinski definition) is 7. The minimum atomic E-state index is -0.230. The maximum atomic E-state index is 11.9. The Morgan fingerprint density at radius 2 is 1.92 bits per heavy atom. The smallest absolute Gasteiger partial charge is 0.277 e. The lowest BCUT2D eigenvalue weighted by atomic mass is 10.1. The van der Waals surface area contributed by atoms with Crippen molar-refractivity contribution in [2.75, 3.05) is 5.75 Å². The van der Waals surface area contributed by atoms with Crippen molar-refractivity contribution in [2.24, 2.45) is 5.10 Å². The van der Waals surface area contributed by atoms with Gasteiger partial charge in [0.25, 0.3) is 11.1 Å². The Morgan fingerprint density at radius 3 is 2.69 bits per heavy atom. The molecule has 0 atom stereocenters. The summed E-state index contributed by atoms with van der Waals surface area (Å²) in [5, 5.41) is 12.3. The summed E-state index contributed by atoms with van der Waals surface area (Å²) in [7, 11) is 0. The summed E-state index contributed by atoms with van der Waals surface area (Å²) in [5.41, 5.74) is 5.30. The number of nitrogens with zero attached hydrogens (tertiary/aromatic N) is 4. The Bertz CT molecular complexity index is 881. The molecular formula is C18H17N5O2S. The highest BCUT2D eigenvalue weighted by atomic mass is 32.2. The van der Waals surface area contributed by atoms with E-state index in [4.69, 9.17) is 4.42 Å². The molecule has 0 saturated heterocycles. The van der Waals surface area contributed by atoms with Gasteiger partial charge < -0.3 is 4.42 Å². The van der Waals surface area contributed by atoms with E-state index in [0.29, 0.717) is 17.5 Å². The van der Waals surface area contributed by atoms with Crippen molar-refractivity contribution in [3.05, 3.63) is 60.4 Å². The number of carbonyl (C=O) groups is 1. The van der Waals surface area contributed by atoms with Crippen LogP contribution < -0.4 is 5.43 Å². The second-order valence-corrected chi connectivity index (χ2v) is 6.37. The van der Waals surface area contributed by atoms with Crippen LogP contribution in [-0.4, -0.2) is 32.6 Å². The molecule has 0 bridgehead atoms. The van der Waals surface area contributed by atoms with Crippen LogP contribution in [0.15, 0.2) is 69.6 Å². The van der Waals surface area contributed by atoms with Crippen molar-refractivity contribution >= 4 is 23.4 Å². The maximum absolute atomic E-state index is 11.9. The van der Waals surface area contributed by atoms with Gasteiger partial charge >= 0.3 is 0 Å². The van der Waals surface area contributed by atoms with Crippen LogP contribution in [0.3, 0.4) is 0 Å². The number of benzene rings is 1. The molecule has 0 fully saturated rings. The van der Waals surface area contributed by atoms with E-state index in [1.165, 1.54) is 0 Å². The van der Waals surface area contributed by atoms with Gasteiger partial charge in [-0.1, -0.05) is 42.1 Å². The molecular weight excluding hydrogens is 350 g/mol. The molecule has 132 valence electrons. The third kappa shape index (κ3) is 5.25. The molecule has 26 heavy (non-hydrogen) atoms. The Labute approximate surface area is 154 Å². The number of thioether (sulfide) groups is 1. The molecule has 0 saturated carbocycles. The Hall–Kier alpha value is -3.00. The summed E-state index contributed by atoms with van der Waals surface area (Å²) in [4.78, 5) is 15.9. The van der Waals surface area contributed by atoms with E-state index in [2.05, 4.69) is 25.7 Å². The number of pyridine rings is 1. The number of amides is 1. The first-order valence-corrected chi connectivity index (χ1v) is 8.92. The monoisotopic (exact) mass is 367 g/mol. The third-order valence-electron chi connectivity index (χ3n) is 3.33. The maximum Gasteiger partial charge on any atom is 0.277 e. The normalized spacial score (nSPS) is 11.3. The molecule has 0 aliphatic rings. The molecule has 2 aromatic heterocycles. The van der Waals surface area contributed by atoms with Gasteiger partial charge in [0.2, 0.25) is 5.89 Å². The first kappa shape index (κ1) is 17.8. The topological polar surface area (TPSA) is 93.3 Å². The Morgan fingerprint density at radius 1 is 1.15 bits per heavy atom. The molecule has 1 amide bonds. The Balaban J connectivity index is 1.47. The van der Waals surface area contributed by atoms with Crippen molar-refractivity contribution in [1.29, 1.82) is 0 Å². The van der Waals surface area contributed by atoms with Crippen LogP contribution in [0.2, 0.25) is 0 Å². The third-order valence-corrected chi connectivity index (χ3v) is 4.15. The van der Waals surface area contributed by atoms with Crippen LogP contribution in [0, 0.1) is 0 Å². The standard InChI is InChI=1S/C18H17N5O2S/c1-13(11-14-5-3-2-4-6-14)20-21-16(24)12-26-18-23-22-17(25-18)15-7-9-19-10-8-15/h2-10H,11-12H2,1H3,(H,21,24)/b20-13-. The fourth-order valence-electron chi connectivity index (χ4n) is 2.13. The number of rotatable bonds is 7. The highest BCUT2D eigenvalue weighted by Gasteiger charge is 2.11. The molecule has 0 unspecified atom stereocenters. The van der Waals surface area contributed by atoms with Gasteiger partial charge in [0, 0.05) is 30.1 Å². The summed E-state index contributed by atoms with van der Waals surface area (Å²) in [6.45, 7) is 1.87. The van der Waals surface area contributed by atoms with Crippen LogP contribution in [0.5, 0.6) is 0 Å². The van der Waals surface area contributed by atoms with E-state index in [0.717, 1.165) is 28.6 Å². The van der Waals surface area contributed by atoms with Gasteiger partial charge in [-0.25, -0.2) is 5.43 Å². The number of aromatic nitrogens is 3. The second-order valence-electron chi connectivity index (χ2n) is 5.44. The number of hydrogen-bond donors (Lipinski definition) is 1. The molecule has 8 heteroatoms. The van der Waals surface area contributed by atoms with E-state index in [1.807, 2.05) is 37.3 Å². The zero-order valence-electron chi connectivity index (χ0n) is 14.1. The molecule has 2 heterocycles. The van der Waals surface area contributed by atoms with E-state index in [-0.39, 0.29) is 11.7 Å². The minimum Gasteiger partial charge on any atom is -0.411 e. The molecule has 0 aliphatic carbocycles. The lowest BCUT2D eigenvalue weighted by Crippen LogP contribution is -2.21. The Kier molecular flexibility index (Phi) is 6.10. The van der Waals surface area contributed by atoms with Crippen LogP contribution in [0.25, 0.3) is 11.5 Å². The first-order chi connectivity index (χ1) is 12.7. The summed E-state index contributed by atoms with van der Waals surface area (Å²) >= 11 is 1.16. The zero-order chi connectivity index (χ0) is 18.2. The van der Waals surface area contributed by atoms with Gasteiger partial charge in [-0.2, -0.15) is 5.10 Å². The van der Waals surface area contributed by atoms with E-state index in [9.17, 15) is 4.79 Å². The quantitative estimate of drug-likeness (QED) is 0.392. The van der Waals surface area contributed by atoms with Crippen molar-refractivity contribution in [1.82, 2.24) is 20.6 Å². The molecule has 3 aromatic rings. The predicted octanol–water partition coefficient (Wildman–Crippen LogP) is 2.96. The summed E-state index contributed by atoms with van der Waals surface area (Å²) in [6.07, 6.45) is 3.98. The molecule has 3 rings (SSSR count). The van der Waals surface area contributed by atoms with Crippen molar-refractivity contribution in [3.8, 4) is 11.5 Å². The van der Waals surface area contributed by atoms with Crippen molar-refractivity contribution < 1.29 is 9.21 Å². The molecule has 1 aromatic carbocycles. The summed E-state index contributed by atoms with van der Waals surface area (Å²) < 4.78 is 5.52. The van der Waals surface area contributed by atoms with E-state index < -0.39 is 0 Å². The van der Waals surface area contributed by atoms with Gasteiger partial charge in [-0.15, -0.1) is 10.2 Å². The molecule has 7 nitrogen and oxygen atoms in total. The lowest BCUT2D eigenvalue weighted by Gasteiger charge is -2.02. The van der Waals surface area contributed by atoms with Crippen LogP contribution >= 0.6 is 11.8 Å². The molecule has 0 spiro atoms. The average molecular weight is 367 g/mol. The summed E-state index contributed by atoms with van der Waals surface area (Å²) in [5.74, 6) is 0.304. The average Bonchev–Trinajstić information content (AvgIpc) is 3.15. The van der Waals surface area contributed by atoms with Crippen LogP contribution in [0.1, 0.15) is 12.5 Å². The second kappa shape index (κ2) is 8.91. The van der Waals surface area contributed by atoms with Gasteiger partial charge in [-0.3, -0.25) is 9.78 Å². The lowest BCUT2D eigenvalue weighted by molar-refractivity contribution is -0.118. The molecule has 0 aliphatic heterocycles. The van der Waals surface area contributed by atoms with E-state index in [1.54, 1.807) is 24.5 Å². The largest absolute Gasteiger partial charge is 0.411 e. The SMILES string of the molecule is C/C(Cc1ccccc1)=N/NC(=O)CSc1nnc(-c2ccncc2)o1. The molecule has 1 N–H and O–H groups in total. The zero-order valence-corrected chi connectivity index (χ0v) is 14.9. The number of carbonyl (C=O) groups excluding carboxylic acids is 1. The number of nitrogens with one attached hydrogen (secondary N) is 1. The van der Waals surface area contributed by atoms with E-state index >= 15 is 0 Å². The predicted molar refractivity (Wildman–Crippen MR) is 99.7 cm³/mol. The summed E-state index contributed by atoms with van der Waals surface area (Å²) in [6, 6.07) is 13.5. The van der Waals surface area contributed by atoms with Gasteiger partial charge in [0.05, 0.1) is 5.75 Å². The van der Waals surface area contributed by atoms with Gasteiger partial charge in [0.1, 0.15) is 0 Å². The molecule has 0 radical (unpaired) electrons. The highest BCUT2D eigenvalue weighted by molar-refractivity contribution is 7.99. The van der Waals surface area contributed by atoms with Gasteiger partial charge in [-0.05, 0) is 24.6 Å². The van der Waals surface area contributed by atoms with Crippen LogP contribution in [0.4, 0.5) is 0 Å². The van der Waals surface area contributed by atoms with Crippen molar-refractivity contribution in [3.63, 3.8) is 0 Å². The fourth-order valence-corrected chi connectivity index (χ4v) is 2.68. The van der Waals surface area contributed by atoms with Crippen LogP contribution in [-0.2, 0) is 11.2 Å². The first-order valence-electron chi connectivity index (χ1n) is 7.93. The fraction of sp³-hybridized carbons (Fsp3) is 0.167. The van der Waals surface area contributed by atoms with Crippen molar-refractivity contribution in [2.45, 2.75) is 18.6 Å².